The van der Waals surface area contributed by atoms with Crippen LogP contribution in [0.25, 0.3) is 6.08 Å². The highest BCUT2D eigenvalue weighted by Gasteiger charge is 2.55. The molecule has 2 fully saturated rings. The van der Waals surface area contributed by atoms with Crippen molar-refractivity contribution in [3.63, 3.8) is 0 Å². The van der Waals surface area contributed by atoms with Crippen molar-refractivity contribution < 1.29 is 4.79 Å². The number of nitrogens with one attached hydrogen (secondary N) is 1. The fourth-order valence-electron chi connectivity index (χ4n) is 3.78. The van der Waals surface area contributed by atoms with E-state index in [1.54, 1.807) is 36.9 Å². The molecule has 2 aliphatic rings. The van der Waals surface area contributed by atoms with Crippen molar-refractivity contribution in [2.24, 2.45) is 17.8 Å². The van der Waals surface area contributed by atoms with Crippen LogP contribution in [0, 0.1) is 17.8 Å². The van der Waals surface area contributed by atoms with Crippen LogP contribution in [0.2, 0.25) is 5.02 Å². The second kappa shape index (κ2) is 7.41. The van der Waals surface area contributed by atoms with E-state index in [1.165, 1.54) is 0 Å². The molecule has 1 aliphatic carbocycles. The first-order chi connectivity index (χ1) is 12.7. The van der Waals surface area contributed by atoms with E-state index in [-0.39, 0.29) is 5.91 Å². The third-order valence-electron chi connectivity index (χ3n) is 5.15. The summed E-state index contributed by atoms with van der Waals surface area (Å²) in [7, 11) is 0. The minimum Gasteiger partial charge on any atom is -0.353 e. The van der Waals surface area contributed by atoms with Gasteiger partial charge in [0.05, 0.1) is 17.4 Å². The molecule has 1 saturated heterocycles. The van der Waals surface area contributed by atoms with Crippen LogP contribution in [-0.4, -0.2) is 40.5 Å². The highest BCUT2D eigenvalue weighted by Crippen LogP contribution is 2.53. The molecule has 2 aromatic heterocycles. The van der Waals surface area contributed by atoms with E-state index >= 15 is 0 Å². The maximum atomic E-state index is 11.9. The molecule has 4 rings (SSSR count). The molecule has 7 heteroatoms. The molecule has 134 valence electrons. The summed E-state index contributed by atoms with van der Waals surface area (Å²) in [5, 5.41) is 3.52. The Balaban J connectivity index is 1.17. The number of nitrogens with zero attached hydrogens (tertiary/aromatic N) is 4. The SMILES string of the molecule is O=C(/C=C/c1cccnc1)NCCC1[C@H]2CN(c3ncc(Cl)cn3)C[C@@H]12. The molecule has 0 spiro atoms. The Labute approximate surface area is 157 Å². The van der Waals surface area contributed by atoms with Gasteiger partial charge in [-0.1, -0.05) is 17.7 Å². The molecule has 0 bridgehead atoms. The lowest BCUT2D eigenvalue weighted by molar-refractivity contribution is -0.116. The minimum absolute atomic E-state index is 0.0594. The molecule has 2 aromatic rings. The number of amides is 1. The zero-order valence-electron chi connectivity index (χ0n) is 14.3. The van der Waals surface area contributed by atoms with Crippen LogP contribution in [0.3, 0.4) is 0 Å². The smallest absolute Gasteiger partial charge is 0.244 e. The number of hydrogen-bond acceptors (Lipinski definition) is 5. The summed E-state index contributed by atoms with van der Waals surface area (Å²) in [5.74, 6) is 2.78. The molecule has 1 unspecified atom stereocenters. The summed E-state index contributed by atoms with van der Waals surface area (Å²) in [4.78, 5) is 26.7. The average Bonchev–Trinajstić information content (AvgIpc) is 3.11. The number of fused-ring (bicyclic) bond motifs is 1. The Bertz CT molecular complexity index is 783. The zero-order chi connectivity index (χ0) is 17.9. The summed E-state index contributed by atoms with van der Waals surface area (Å²) in [5.41, 5.74) is 0.920. The lowest BCUT2D eigenvalue weighted by Gasteiger charge is -2.19. The molecule has 6 nitrogen and oxygen atoms in total. The number of rotatable bonds is 6. The number of carbonyl (C=O) groups excluding carboxylic acids is 1. The van der Waals surface area contributed by atoms with Crippen molar-refractivity contribution in [2.75, 3.05) is 24.5 Å². The van der Waals surface area contributed by atoms with Crippen molar-refractivity contribution in [2.45, 2.75) is 6.42 Å². The van der Waals surface area contributed by atoms with E-state index < -0.39 is 0 Å². The molecule has 1 aliphatic heterocycles. The van der Waals surface area contributed by atoms with Gasteiger partial charge in [0.2, 0.25) is 11.9 Å². The molecule has 26 heavy (non-hydrogen) atoms. The molecule has 0 radical (unpaired) electrons. The fraction of sp³-hybridized carbons (Fsp3) is 0.368. The molecule has 0 aromatic carbocycles. The number of anilines is 1. The van der Waals surface area contributed by atoms with Crippen LogP contribution in [0.1, 0.15) is 12.0 Å². The first-order valence-electron chi connectivity index (χ1n) is 8.79. The predicted molar refractivity (Wildman–Crippen MR) is 101 cm³/mol. The number of piperidine rings is 1. The van der Waals surface area contributed by atoms with E-state index in [9.17, 15) is 4.79 Å². The minimum atomic E-state index is -0.0594. The van der Waals surface area contributed by atoms with Crippen molar-refractivity contribution in [1.29, 1.82) is 0 Å². The van der Waals surface area contributed by atoms with Gasteiger partial charge < -0.3 is 10.2 Å². The van der Waals surface area contributed by atoms with Gasteiger partial charge in [-0.25, -0.2) is 9.97 Å². The van der Waals surface area contributed by atoms with E-state index in [2.05, 4.69) is 25.2 Å². The van der Waals surface area contributed by atoms with Gasteiger partial charge in [0, 0.05) is 38.1 Å². The monoisotopic (exact) mass is 369 g/mol. The van der Waals surface area contributed by atoms with Crippen molar-refractivity contribution in [3.05, 3.63) is 53.6 Å². The molecular weight excluding hydrogens is 350 g/mol. The van der Waals surface area contributed by atoms with Gasteiger partial charge in [0.25, 0.3) is 0 Å². The van der Waals surface area contributed by atoms with Crippen LogP contribution in [0.5, 0.6) is 0 Å². The highest BCUT2D eigenvalue weighted by atomic mass is 35.5. The summed E-state index contributed by atoms with van der Waals surface area (Å²) >= 11 is 5.83. The largest absolute Gasteiger partial charge is 0.353 e. The quantitative estimate of drug-likeness (QED) is 0.792. The molecule has 1 amide bonds. The first-order valence-corrected chi connectivity index (χ1v) is 9.17. The summed E-state index contributed by atoms with van der Waals surface area (Å²) < 4.78 is 0. The van der Waals surface area contributed by atoms with Gasteiger partial charge in [-0.05, 0) is 41.9 Å². The standard InChI is InChI=1S/C19H20ClN5O/c20-14-9-23-19(24-10-14)25-11-16-15(17(16)12-25)5-7-22-18(26)4-3-13-2-1-6-21-8-13/h1-4,6,8-10,15-17H,5,7,11-12H2,(H,22,26)/b4-3+/t15?,16-,17+. The van der Waals surface area contributed by atoms with Crippen LogP contribution in [-0.2, 0) is 4.79 Å². The Morgan fingerprint density at radius 2 is 2.04 bits per heavy atom. The number of pyridine rings is 1. The lowest BCUT2D eigenvalue weighted by Crippen LogP contribution is -2.27. The van der Waals surface area contributed by atoms with Gasteiger partial charge >= 0.3 is 0 Å². The van der Waals surface area contributed by atoms with E-state index in [0.29, 0.717) is 29.3 Å². The second-order valence-electron chi connectivity index (χ2n) is 6.80. The summed E-state index contributed by atoms with van der Waals surface area (Å²) in [6, 6.07) is 3.76. The average molecular weight is 370 g/mol. The van der Waals surface area contributed by atoms with Crippen LogP contribution >= 0.6 is 11.6 Å². The second-order valence-corrected chi connectivity index (χ2v) is 7.23. The first kappa shape index (κ1) is 17.0. The molecule has 3 atom stereocenters. The zero-order valence-corrected chi connectivity index (χ0v) is 15.0. The van der Waals surface area contributed by atoms with Crippen molar-refractivity contribution >= 4 is 29.5 Å². The van der Waals surface area contributed by atoms with E-state index in [1.807, 2.05) is 12.1 Å². The van der Waals surface area contributed by atoms with Gasteiger partial charge in [-0.2, -0.15) is 0 Å². The number of carbonyl (C=O) groups is 1. The number of halogens is 1. The Hall–Kier alpha value is -2.47. The highest BCUT2D eigenvalue weighted by molar-refractivity contribution is 6.30. The third kappa shape index (κ3) is 3.85. The molecule has 1 N–H and O–H groups in total. The fourth-order valence-corrected chi connectivity index (χ4v) is 3.87. The summed E-state index contributed by atoms with van der Waals surface area (Å²) in [6.45, 7) is 2.70. The number of aromatic nitrogens is 3. The normalized spacial score (nSPS) is 23.9. The van der Waals surface area contributed by atoms with Crippen LogP contribution in [0.4, 0.5) is 5.95 Å². The molecule has 1 saturated carbocycles. The summed E-state index contributed by atoms with van der Waals surface area (Å²) in [6.07, 6.45) is 11.1. The van der Waals surface area contributed by atoms with Gasteiger partial charge in [0.15, 0.2) is 0 Å². The maximum absolute atomic E-state index is 11.9. The van der Waals surface area contributed by atoms with E-state index in [0.717, 1.165) is 31.0 Å². The molecular formula is C19H20ClN5O. The van der Waals surface area contributed by atoms with Crippen molar-refractivity contribution in [3.8, 4) is 0 Å². The van der Waals surface area contributed by atoms with Gasteiger partial charge in [-0.15, -0.1) is 0 Å². The van der Waals surface area contributed by atoms with Crippen LogP contribution < -0.4 is 10.2 Å². The number of hydrogen-bond donors (Lipinski definition) is 1. The topological polar surface area (TPSA) is 71.0 Å². The Morgan fingerprint density at radius 3 is 2.73 bits per heavy atom. The van der Waals surface area contributed by atoms with Crippen LogP contribution in [0.15, 0.2) is 43.0 Å². The predicted octanol–water partition coefficient (Wildman–Crippen LogP) is 2.43. The maximum Gasteiger partial charge on any atom is 0.244 e. The Kier molecular flexibility index (Phi) is 4.84. The third-order valence-corrected chi connectivity index (χ3v) is 5.34. The van der Waals surface area contributed by atoms with Gasteiger partial charge in [-0.3, -0.25) is 9.78 Å². The van der Waals surface area contributed by atoms with Gasteiger partial charge in [0.1, 0.15) is 0 Å². The Morgan fingerprint density at radius 1 is 1.27 bits per heavy atom. The molecule has 3 heterocycles. The van der Waals surface area contributed by atoms with Crippen molar-refractivity contribution in [1.82, 2.24) is 20.3 Å². The van der Waals surface area contributed by atoms with E-state index in [4.69, 9.17) is 11.6 Å². The lowest BCUT2D eigenvalue weighted by atomic mass is 10.2.